The Bertz CT molecular complexity index is 1550. The number of benzene rings is 2. The minimum absolute atomic E-state index is 0.162. The lowest BCUT2D eigenvalue weighted by Crippen LogP contribution is -2.26. The zero-order valence-electron chi connectivity index (χ0n) is 19.0. The first-order chi connectivity index (χ1) is 16.4. The SMILES string of the molecule is C#C/C=C\c1cc(=O)n(Cc2cc(=O)c(O)cn2-c2cccc(-c3ccccc3)c2)c(C)c1C. The van der Waals surface area contributed by atoms with Gasteiger partial charge in [0.15, 0.2) is 5.75 Å². The number of aromatic hydroxyl groups is 1. The molecule has 0 saturated heterocycles. The van der Waals surface area contributed by atoms with Crippen molar-refractivity contribution in [3.63, 3.8) is 0 Å². The van der Waals surface area contributed by atoms with Crippen LogP contribution in [0.5, 0.6) is 5.75 Å². The molecule has 5 nitrogen and oxygen atoms in total. The molecule has 0 bridgehead atoms. The van der Waals surface area contributed by atoms with Gasteiger partial charge in [0, 0.05) is 29.2 Å². The van der Waals surface area contributed by atoms with Gasteiger partial charge in [0.2, 0.25) is 5.43 Å². The fraction of sp³-hybridized carbons (Fsp3) is 0.103. The summed E-state index contributed by atoms with van der Waals surface area (Å²) in [5.41, 5.74) is 5.14. The molecule has 5 heteroatoms. The summed E-state index contributed by atoms with van der Waals surface area (Å²) in [6.07, 6.45) is 10.0. The largest absolute Gasteiger partial charge is 0.503 e. The monoisotopic (exact) mass is 448 g/mol. The first-order valence-electron chi connectivity index (χ1n) is 10.8. The van der Waals surface area contributed by atoms with E-state index >= 15 is 0 Å². The Morgan fingerprint density at radius 3 is 2.44 bits per heavy atom. The lowest BCUT2D eigenvalue weighted by atomic mass is 10.0. The van der Waals surface area contributed by atoms with Gasteiger partial charge in [0.05, 0.1) is 12.7 Å². The summed E-state index contributed by atoms with van der Waals surface area (Å²) in [4.78, 5) is 25.3. The van der Waals surface area contributed by atoms with Crippen molar-refractivity contribution >= 4 is 6.08 Å². The summed E-state index contributed by atoms with van der Waals surface area (Å²) in [6, 6.07) is 20.7. The molecule has 4 rings (SSSR count). The van der Waals surface area contributed by atoms with E-state index in [2.05, 4.69) is 5.92 Å². The normalized spacial score (nSPS) is 11.0. The van der Waals surface area contributed by atoms with Gasteiger partial charge in [-0.15, -0.1) is 6.42 Å². The highest BCUT2D eigenvalue weighted by Crippen LogP contribution is 2.24. The van der Waals surface area contributed by atoms with Crippen molar-refractivity contribution in [3.8, 4) is 34.9 Å². The lowest BCUT2D eigenvalue weighted by Gasteiger charge is -2.19. The van der Waals surface area contributed by atoms with Crippen molar-refractivity contribution in [2.45, 2.75) is 20.4 Å². The number of rotatable bonds is 5. The number of hydrogen-bond donors (Lipinski definition) is 1. The van der Waals surface area contributed by atoms with Gasteiger partial charge in [0.25, 0.3) is 5.56 Å². The zero-order valence-corrected chi connectivity index (χ0v) is 19.0. The minimum atomic E-state index is -0.499. The molecule has 0 aliphatic rings. The molecule has 2 heterocycles. The fourth-order valence-corrected chi connectivity index (χ4v) is 3.96. The maximum atomic E-state index is 13.0. The van der Waals surface area contributed by atoms with Crippen LogP contribution in [-0.2, 0) is 6.54 Å². The van der Waals surface area contributed by atoms with E-state index in [0.717, 1.165) is 33.6 Å². The van der Waals surface area contributed by atoms with E-state index in [-0.39, 0.29) is 17.9 Å². The van der Waals surface area contributed by atoms with Crippen LogP contribution in [-0.4, -0.2) is 14.2 Å². The number of pyridine rings is 2. The molecule has 0 fully saturated rings. The number of allylic oxidation sites excluding steroid dienone is 1. The molecule has 168 valence electrons. The van der Waals surface area contributed by atoms with Gasteiger partial charge in [0.1, 0.15) is 0 Å². The smallest absolute Gasteiger partial charge is 0.251 e. The highest BCUT2D eigenvalue weighted by Gasteiger charge is 2.13. The summed E-state index contributed by atoms with van der Waals surface area (Å²) >= 11 is 0. The van der Waals surface area contributed by atoms with Crippen LogP contribution in [0.15, 0.2) is 88.6 Å². The Balaban J connectivity index is 1.84. The predicted molar refractivity (Wildman–Crippen MR) is 136 cm³/mol. The van der Waals surface area contributed by atoms with Crippen LogP contribution < -0.4 is 11.0 Å². The van der Waals surface area contributed by atoms with Crippen LogP contribution in [0.1, 0.15) is 22.5 Å². The summed E-state index contributed by atoms with van der Waals surface area (Å²) in [6.45, 7) is 3.95. The predicted octanol–water partition coefficient (Wildman–Crippen LogP) is 4.68. The third-order valence-electron chi connectivity index (χ3n) is 5.95. The summed E-state index contributed by atoms with van der Waals surface area (Å²) in [7, 11) is 0. The third kappa shape index (κ3) is 4.48. The number of aromatic nitrogens is 2. The second-order valence-electron chi connectivity index (χ2n) is 8.04. The van der Waals surface area contributed by atoms with Crippen molar-refractivity contribution in [2.24, 2.45) is 0 Å². The molecule has 34 heavy (non-hydrogen) atoms. The van der Waals surface area contributed by atoms with E-state index in [9.17, 15) is 14.7 Å². The van der Waals surface area contributed by atoms with Gasteiger partial charge < -0.3 is 14.2 Å². The Morgan fingerprint density at radius 2 is 1.71 bits per heavy atom. The molecule has 0 amide bonds. The van der Waals surface area contributed by atoms with Crippen molar-refractivity contribution in [1.29, 1.82) is 0 Å². The van der Waals surface area contributed by atoms with Crippen LogP contribution >= 0.6 is 0 Å². The van der Waals surface area contributed by atoms with E-state index in [1.165, 1.54) is 18.3 Å². The maximum absolute atomic E-state index is 13.0. The maximum Gasteiger partial charge on any atom is 0.251 e. The van der Waals surface area contributed by atoms with Gasteiger partial charge in [-0.05, 0) is 60.4 Å². The van der Waals surface area contributed by atoms with Crippen LogP contribution in [0.4, 0.5) is 0 Å². The van der Waals surface area contributed by atoms with Gasteiger partial charge in [-0.1, -0.05) is 48.4 Å². The van der Waals surface area contributed by atoms with Gasteiger partial charge in [-0.25, -0.2) is 0 Å². The second kappa shape index (κ2) is 9.51. The van der Waals surface area contributed by atoms with Crippen LogP contribution in [0.25, 0.3) is 22.9 Å². The number of nitrogens with zero attached hydrogens (tertiary/aromatic N) is 2. The summed E-state index contributed by atoms with van der Waals surface area (Å²) in [5.74, 6) is 2.08. The topological polar surface area (TPSA) is 64.2 Å². The zero-order chi connectivity index (χ0) is 24.2. The Morgan fingerprint density at radius 1 is 0.971 bits per heavy atom. The number of terminal acetylenes is 1. The molecule has 4 aromatic rings. The van der Waals surface area contributed by atoms with Crippen LogP contribution in [0.3, 0.4) is 0 Å². The quantitative estimate of drug-likeness (QED) is 0.451. The van der Waals surface area contributed by atoms with E-state index in [0.29, 0.717) is 5.69 Å². The van der Waals surface area contributed by atoms with E-state index < -0.39 is 5.43 Å². The van der Waals surface area contributed by atoms with E-state index in [1.807, 2.05) is 68.4 Å². The molecule has 0 saturated carbocycles. The van der Waals surface area contributed by atoms with E-state index in [1.54, 1.807) is 21.3 Å². The second-order valence-corrected chi connectivity index (χ2v) is 8.04. The summed E-state index contributed by atoms with van der Waals surface area (Å²) < 4.78 is 3.36. The minimum Gasteiger partial charge on any atom is -0.503 e. The molecule has 0 atom stereocenters. The Kier molecular flexibility index (Phi) is 6.33. The van der Waals surface area contributed by atoms with Gasteiger partial charge in [-0.3, -0.25) is 9.59 Å². The molecule has 0 aliphatic carbocycles. The van der Waals surface area contributed by atoms with E-state index in [4.69, 9.17) is 6.42 Å². The van der Waals surface area contributed by atoms with Crippen molar-refractivity contribution in [3.05, 3.63) is 122 Å². The highest BCUT2D eigenvalue weighted by atomic mass is 16.3. The first kappa shape index (κ1) is 22.6. The molecule has 0 unspecified atom stereocenters. The Hall–Kier alpha value is -4.56. The fourth-order valence-electron chi connectivity index (χ4n) is 3.96. The molecular formula is C29H24N2O3. The molecule has 0 spiro atoms. The molecule has 2 aromatic heterocycles. The molecule has 0 radical (unpaired) electrons. The third-order valence-corrected chi connectivity index (χ3v) is 5.95. The average Bonchev–Trinajstić information content (AvgIpc) is 2.85. The number of hydrogen-bond acceptors (Lipinski definition) is 3. The van der Waals surface area contributed by atoms with Crippen LogP contribution in [0.2, 0.25) is 0 Å². The molecule has 2 aromatic carbocycles. The summed E-state index contributed by atoms with van der Waals surface area (Å²) in [5, 5.41) is 10.2. The molecular weight excluding hydrogens is 424 g/mol. The average molecular weight is 449 g/mol. The highest BCUT2D eigenvalue weighted by molar-refractivity contribution is 5.66. The lowest BCUT2D eigenvalue weighted by molar-refractivity contribution is 0.463. The van der Waals surface area contributed by atoms with Gasteiger partial charge >= 0.3 is 0 Å². The van der Waals surface area contributed by atoms with Crippen molar-refractivity contribution < 1.29 is 5.11 Å². The van der Waals surface area contributed by atoms with Crippen molar-refractivity contribution in [1.82, 2.24) is 9.13 Å². The molecule has 1 N–H and O–H groups in total. The van der Waals surface area contributed by atoms with Crippen LogP contribution in [0, 0.1) is 26.2 Å². The van der Waals surface area contributed by atoms with Gasteiger partial charge in [-0.2, -0.15) is 0 Å². The Labute approximate surface area is 197 Å². The standard InChI is InChI=1S/C29H24N2O3/c1-4-5-10-23-16-29(34)30(21(3)20(23)2)18-26-17-27(32)28(33)19-31(26)25-14-9-13-24(15-25)22-11-7-6-8-12-22/h1,5-17,19,33H,18H2,2-3H3/b10-5-. The van der Waals surface area contributed by atoms with Crippen molar-refractivity contribution in [2.75, 3.05) is 0 Å². The molecule has 0 aliphatic heterocycles. The first-order valence-corrected chi connectivity index (χ1v) is 10.8.